The van der Waals surface area contributed by atoms with Gasteiger partial charge in [-0.3, -0.25) is 4.79 Å². The number of benzene rings is 2. The molecule has 134 valence electrons. The van der Waals surface area contributed by atoms with E-state index in [1.54, 1.807) is 17.0 Å². The van der Waals surface area contributed by atoms with Gasteiger partial charge < -0.3 is 21.1 Å². The number of rotatable bonds is 5. The van der Waals surface area contributed by atoms with E-state index in [1.165, 1.54) is 12.3 Å². The van der Waals surface area contributed by atoms with Gasteiger partial charge in [0, 0.05) is 52.8 Å². The molecular formula is C20H20ClN3O2. The number of hydrogen-bond donors (Lipinski definition) is 3. The van der Waals surface area contributed by atoms with Crippen LogP contribution >= 0.6 is 11.6 Å². The minimum Gasteiger partial charge on any atom is -0.507 e. The van der Waals surface area contributed by atoms with Crippen LogP contribution in [0.4, 0.5) is 5.69 Å². The Labute approximate surface area is 157 Å². The topological polar surface area (TPSA) is 90.4 Å². The number of halogens is 1. The van der Waals surface area contributed by atoms with Crippen molar-refractivity contribution in [2.45, 2.75) is 12.8 Å². The Morgan fingerprint density at radius 3 is 2.77 bits per heavy atom. The van der Waals surface area contributed by atoms with Crippen LogP contribution in [-0.4, -0.2) is 23.8 Å². The lowest BCUT2D eigenvalue weighted by molar-refractivity contribution is -0.120. The van der Waals surface area contributed by atoms with Crippen LogP contribution in [0.2, 0.25) is 5.02 Å². The second kappa shape index (κ2) is 7.62. The molecule has 0 aromatic heterocycles. The molecule has 1 fully saturated rings. The van der Waals surface area contributed by atoms with E-state index in [2.05, 4.69) is 0 Å². The van der Waals surface area contributed by atoms with Gasteiger partial charge in [-0.2, -0.15) is 0 Å². The minimum atomic E-state index is -0.127. The summed E-state index contributed by atoms with van der Waals surface area (Å²) in [5.41, 5.74) is 7.96. The molecule has 0 saturated carbocycles. The maximum Gasteiger partial charge on any atom is 0.230 e. The number of aromatic hydroxyl groups is 1. The number of anilines is 1. The molecule has 3 rings (SSSR count). The van der Waals surface area contributed by atoms with E-state index in [0.717, 1.165) is 18.2 Å². The summed E-state index contributed by atoms with van der Waals surface area (Å²) in [6.07, 6.45) is 3.69. The molecule has 2 aromatic carbocycles. The number of carbonyl (C=O) groups excluding carboxylic acids is 1. The zero-order valence-corrected chi connectivity index (χ0v) is 14.9. The van der Waals surface area contributed by atoms with Crippen molar-refractivity contribution < 1.29 is 9.90 Å². The number of hydrogen-bond acceptors (Lipinski definition) is 4. The molecule has 2 aromatic rings. The summed E-state index contributed by atoms with van der Waals surface area (Å²) < 4.78 is 0. The van der Waals surface area contributed by atoms with E-state index in [-0.39, 0.29) is 17.6 Å². The van der Waals surface area contributed by atoms with Crippen molar-refractivity contribution in [3.63, 3.8) is 0 Å². The van der Waals surface area contributed by atoms with Gasteiger partial charge in [0.2, 0.25) is 5.91 Å². The molecule has 1 saturated heterocycles. The van der Waals surface area contributed by atoms with E-state index < -0.39 is 0 Å². The lowest BCUT2D eigenvalue weighted by atomic mass is 9.98. The maximum atomic E-state index is 12.8. The Bertz CT molecular complexity index is 879. The lowest BCUT2D eigenvalue weighted by Crippen LogP contribution is -2.27. The molecule has 0 bridgehead atoms. The summed E-state index contributed by atoms with van der Waals surface area (Å²) in [4.78, 5) is 14.5. The first-order chi connectivity index (χ1) is 12.5. The molecular weight excluding hydrogens is 350 g/mol. The Morgan fingerprint density at radius 2 is 2.12 bits per heavy atom. The van der Waals surface area contributed by atoms with Crippen molar-refractivity contribution in [1.82, 2.24) is 0 Å². The SMILES string of the molecule is N=C/C(=C\N)c1ccc(N2CCC(Cc3ccccc3Cl)C2=O)cc1O. The highest BCUT2D eigenvalue weighted by molar-refractivity contribution is 6.31. The summed E-state index contributed by atoms with van der Waals surface area (Å²) in [5, 5.41) is 18.3. The van der Waals surface area contributed by atoms with Crippen molar-refractivity contribution in [1.29, 1.82) is 5.41 Å². The normalized spacial score (nSPS) is 17.6. The largest absolute Gasteiger partial charge is 0.507 e. The van der Waals surface area contributed by atoms with Crippen molar-refractivity contribution in [2.24, 2.45) is 11.7 Å². The van der Waals surface area contributed by atoms with Crippen molar-refractivity contribution in [3.8, 4) is 5.75 Å². The van der Waals surface area contributed by atoms with E-state index in [1.807, 2.05) is 24.3 Å². The number of amides is 1. The van der Waals surface area contributed by atoms with Gasteiger partial charge in [0.15, 0.2) is 0 Å². The highest BCUT2D eigenvalue weighted by atomic mass is 35.5. The molecule has 1 aliphatic rings. The summed E-state index contributed by atoms with van der Waals surface area (Å²) in [6, 6.07) is 12.5. The lowest BCUT2D eigenvalue weighted by Gasteiger charge is -2.18. The Hall–Kier alpha value is -2.79. The first kappa shape index (κ1) is 18.0. The van der Waals surface area contributed by atoms with Crippen molar-refractivity contribution >= 4 is 35.0 Å². The molecule has 6 heteroatoms. The quantitative estimate of drug-likeness (QED) is 0.703. The van der Waals surface area contributed by atoms with Crippen LogP contribution in [0, 0.1) is 11.3 Å². The number of allylic oxidation sites excluding steroid dienone is 1. The standard InChI is InChI=1S/C20H20ClN3O2/c21-18-4-2-1-3-13(18)9-14-7-8-24(20(14)26)16-5-6-17(19(25)10-16)15(11-22)12-23/h1-6,10-12,14,22,25H,7-9,23H2/b15-12+,22-11?. The van der Waals surface area contributed by atoms with Gasteiger partial charge in [0.05, 0.1) is 0 Å². The van der Waals surface area contributed by atoms with Crippen LogP contribution in [0.5, 0.6) is 5.75 Å². The number of nitrogens with one attached hydrogen (secondary N) is 1. The fourth-order valence-corrected chi connectivity index (χ4v) is 3.47. The highest BCUT2D eigenvalue weighted by Crippen LogP contribution is 2.33. The van der Waals surface area contributed by atoms with Crippen LogP contribution in [0.1, 0.15) is 17.5 Å². The van der Waals surface area contributed by atoms with Crippen molar-refractivity contribution in [2.75, 3.05) is 11.4 Å². The fraction of sp³-hybridized carbons (Fsp3) is 0.200. The van der Waals surface area contributed by atoms with Crippen LogP contribution in [0.3, 0.4) is 0 Å². The van der Waals surface area contributed by atoms with E-state index >= 15 is 0 Å². The fourth-order valence-electron chi connectivity index (χ4n) is 3.26. The molecule has 5 nitrogen and oxygen atoms in total. The van der Waals surface area contributed by atoms with Crippen molar-refractivity contribution in [3.05, 3.63) is 64.8 Å². The second-order valence-corrected chi connectivity index (χ2v) is 6.65. The van der Waals surface area contributed by atoms with Gasteiger partial charge in [-0.15, -0.1) is 0 Å². The smallest absolute Gasteiger partial charge is 0.230 e. The third-order valence-corrected chi connectivity index (χ3v) is 5.05. The predicted molar refractivity (Wildman–Crippen MR) is 105 cm³/mol. The second-order valence-electron chi connectivity index (χ2n) is 6.24. The third-order valence-electron chi connectivity index (χ3n) is 4.68. The van der Waals surface area contributed by atoms with Crippen LogP contribution < -0.4 is 10.6 Å². The van der Waals surface area contributed by atoms with Gasteiger partial charge >= 0.3 is 0 Å². The first-order valence-electron chi connectivity index (χ1n) is 8.35. The number of phenolic OH excluding ortho intramolecular Hbond substituents is 1. The zero-order valence-electron chi connectivity index (χ0n) is 14.2. The Morgan fingerprint density at radius 1 is 1.35 bits per heavy atom. The summed E-state index contributed by atoms with van der Waals surface area (Å²) >= 11 is 6.21. The molecule has 1 atom stereocenters. The van der Waals surface area contributed by atoms with Crippen LogP contribution in [-0.2, 0) is 11.2 Å². The monoisotopic (exact) mass is 369 g/mol. The number of nitrogens with zero attached hydrogens (tertiary/aromatic N) is 1. The molecule has 0 spiro atoms. The van der Waals surface area contributed by atoms with Crippen LogP contribution in [0.25, 0.3) is 5.57 Å². The zero-order chi connectivity index (χ0) is 18.7. The minimum absolute atomic E-state index is 0.00921. The Balaban J connectivity index is 1.79. The van der Waals surface area contributed by atoms with Gasteiger partial charge in [-0.1, -0.05) is 29.8 Å². The van der Waals surface area contributed by atoms with Gasteiger partial charge in [-0.25, -0.2) is 0 Å². The average Bonchev–Trinajstić information content (AvgIpc) is 3.00. The molecule has 0 aliphatic carbocycles. The number of phenols is 1. The summed E-state index contributed by atoms with van der Waals surface area (Å²) in [7, 11) is 0. The number of carbonyl (C=O) groups is 1. The van der Waals surface area contributed by atoms with E-state index in [4.69, 9.17) is 22.7 Å². The molecule has 1 amide bonds. The first-order valence-corrected chi connectivity index (χ1v) is 8.73. The highest BCUT2D eigenvalue weighted by Gasteiger charge is 2.33. The number of nitrogens with two attached hydrogens (primary N) is 1. The molecule has 1 aliphatic heterocycles. The molecule has 1 heterocycles. The maximum absolute atomic E-state index is 12.8. The molecule has 1 unspecified atom stereocenters. The van der Waals surface area contributed by atoms with E-state index in [9.17, 15) is 9.90 Å². The van der Waals surface area contributed by atoms with Gasteiger partial charge in [0.1, 0.15) is 5.75 Å². The van der Waals surface area contributed by atoms with E-state index in [0.29, 0.717) is 34.8 Å². The van der Waals surface area contributed by atoms with Crippen LogP contribution in [0.15, 0.2) is 48.7 Å². The predicted octanol–water partition coefficient (Wildman–Crippen LogP) is 3.59. The third kappa shape index (κ3) is 3.44. The average molecular weight is 370 g/mol. The summed E-state index contributed by atoms with van der Waals surface area (Å²) in [6.45, 7) is 0.594. The molecule has 0 radical (unpaired) electrons. The molecule has 4 N–H and O–H groups in total. The van der Waals surface area contributed by atoms with Gasteiger partial charge in [0.25, 0.3) is 0 Å². The van der Waals surface area contributed by atoms with Gasteiger partial charge in [-0.05, 0) is 36.6 Å². The summed E-state index contributed by atoms with van der Waals surface area (Å²) in [5.74, 6) is -0.110. The molecule has 26 heavy (non-hydrogen) atoms. The Kier molecular flexibility index (Phi) is 5.28.